The Morgan fingerprint density at radius 2 is 1.52 bits per heavy atom. The van der Waals surface area contributed by atoms with E-state index in [-0.39, 0.29) is 5.82 Å². The summed E-state index contributed by atoms with van der Waals surface area (Å²) in [6.07, 6.45) is 1.89. The molecule has 2 rings (SSSR count). The van der Waals surface area contributed by atoms with Crippen LogP contribution in [0.1, 0.15) is 5.56 Å². The molecule has 2 N–H and O–H groups in total. The van der Waals surface area contributed by atoms with E-state index < -0.39 is 10.0 Å². The molecule has 0 aliphatic carbocycles. The van der Waals surface area contributed by atoms with Gasteiger partial charge >= 0.3 is 0 Å². The van der Waals surface area contributed by atoms with Crippen LogP contribution < -0.4 is 10.0 Å². The molecule has 2 aromatic rings. The summed E-state index contributed by atoms with van der Waals surface area (Å²) in [5, 5.41) is 3.23. The molecule has 0 spiro atoms. The van der Waals surface area contributed by atoms with Gasteiger partial charge in [-0.05, 0) is 48.4 Å². The fraction of sp³-hybridized carbons (Fsp3) is 0.200. The first-order valence-corrected chi connectivity index (χ1v) is 8.38. The first-order valence-electron chi connectivity index (χ1n) is 6.48. The molecule has 6 heteroatoms. The number of benzene rings is 2. The van der Waals surface area contributed by atoms with Crippen LogP contribution in [0.5, 0.6) is 0 Å². The number of rotatable bonds is 6. The topological polar surface area (TPSA) is 58.2 Å². The number of sulfonamides is 1. The van der Waals surface area contributed by atoms with Gasteiger partial charge in [-0.3, -0.25) is 4.72 Å². The van der Waals surface area contributed by atoms with E-state index in [9.17, 15) is 12.8 Å². The molecule has 2 aromatic carbocycles. The van der Waals surface area contributed by atoms with Crippen molar-refractivity contribution in [3.63, 3.8) is 0 Å². The van der Waals surface area contributed by atoms with Crippen LogP contribution in [0.15, 0.2) is 48.5 Å². The molecule has 112 valence electrons. The second-order valence-corrected chi connectivity index (χ2v) is 6.50. The molecule has 4 nitrogen and oxygen atoms in total. The normalized spacial score (nSPS) is 11.1. The summed E-state index contributed by atoms with van der Waals surface area (Å²) < 4.78 is 37.3. The Balaban J connectivity index is 1.85. The van der Waals surface area contributed by atoms with Gasteiger partial charge in [-0.1, -0.05) is 12.1 Å². The van der Waals surface area contributed by atoms with Gasteiger partial charge in [0.25, 0.3) is 0 Å². The Labute approximate surface area is 124 Å². The number of anilines is 2. The Morgan fingerprint density at radius 1 is 0.952 bits per heavy atom. The summed E-state index contributed by atoms with van der Waals surface area (Å²) in [4.78, 5) is 0. The average Bonchev–Trinajstić information content (AvgIpc) is 2.41. The average molecular weight is 308 g/mol. The monoisotopic (exact) mass is 308 g/mol. The Morgan fingerprint density at radius 3 is 2.10 bits per heavy atom. The minimum Gasteiger partial charge on any atom is -0.385 e. The molecule has 0 aliphatic heterocycles. The third kappa shape index (κ3) is 5.43. The van der Waals surface area contributed by atoms with Crippen molar-refractivity contribution in [2.24, 2.45) is 0 Å². The molecule has 0 amide bonds. The lowest BCUT2D eigenvalue weighted by molar-refractivity contribution is 0.607. The van der Waals surface area contributed by atoms with E-state index in [1.807, 2.05) is 0 Å². The highest BCUT2D eigenvalue weighted by Crippen LogP contribution is 2.14. The molecule has 0 radical (unpaired) electrons. The molecule has 0 atom stereocenters. The molecule has 0 heterocycles. The summed E-state index contributed by atoms with van der Waals surface area (Å²) in [6.45, 7) is 0.713. The number of hydrogen-bond donors (Lipinski definition) is 2. The smallest absolute Gasteiger partial charge is 0.229 e. The van der Waals surface area contributed by atoms with Gasteiger partial charge in [0.2, 0.25) is 10.0 Å². The SMILES string of the molecule is CS(=O)(=O)Nc1ccc(NCCc2ccc(F)cc2)cc1. The van der Waals surface area contributed by atoms with Crippen LogP contribution in [0.3, 0.4) is 0 Å². The summed E-state index contributed by atoms with van der Waals surface area (Å²) in [6, 6.07) is 13.4. The maximum Gasteiger partial charge on any atom is 0.229 e. The predicted octanol–water partition coefficient (Wildman–Crippen LogP) is 2.85. The first kappa shape index (κ1) is 15.3. The lowest BCUT2D eigenvalue weighted by Crippen LogP contribution is -2.09. The number of nitrogens with one attached hydrogen (secondary N) is 2. The van der Waals surface area contributed by atoms with Gasteiger partial charge in [-0.25, -0.2) is 12.8 Å². The lowest BCUT2D eigenvalue weighted by atomic mass is 10.1. The van der Waals surface area contributed by atoms with E-state index in [1.165, 1.54) is 12.1 Å². The van der Waals surface area contributed by atoms with E-state index >= 15 is 0 Å². The summed E-state index contributed by atoms with van der Waals surface area (Å²) in [5.74, 6) is -0.235. The third-order valence-electron chi connectivity index (χ3n) is 2.84. The highest BCUT2D eigenvalue weighted by atomic mass is 32.2. The van der Waals surface area contributed by atoms with Crippen LogP contribution in [0, 0.1) is 5.82 Å². The van der Waals surface area contributed by atoms with E-state index in [1.54, 1.807) is 36.4 Å². The van der Waals surface area contributed by atoms with Crippen LogP contribution >= 0.6 is 0 Å². The van der Waals surface area contributed by atoms with Crippen molar-refractivity contribution in [2.45, 2.75) is 6.42 Å². The zero-order valence-electron chi connectivity index (χ0n) is 11.6. The molecular weight excluding hydrogens is 291 g/mol. The maximum absolute atomic E-state index is 12.8. The van der Waals surface area contributed by atoms with Gasteiger partial charge in [0.15, 0.2) is 0 Å². The molecule has 0 aromatic heterocycles. The quantitative estimate of drug-likeness (QED) is 0.863. The fourth-order valence-electron chi connectivity index (χ4n) is 1.87. The largest absolute Gasteiger partial charge is 0.385 e. The lowest BCUT2D eigenvalue weighted by Gasteiger charge is -2.08. The standard InChI is InChI=1S/C15H17FN2O2S/c1-21(19,20)18-15-8-6-14(7-9-15)17-11-10-12-2-4-13(16)5-3-12/h2-9,17-18H,10-11H2,1H3. The highest BCUT2D eigenvalue weighted by molar-refractivity contribution is 7.92. The third-order valence-corrected chi connectivity index (χ3v) is 3.45. The molecule has 0 fully saturated rings. The van der Waals surface area contributed by atoms with Crippen LogP contribution in [0.4, 0.5) is 15.8 Å². The van der Waals surface area contributed by atoms with Gasteiger partial charge in [0.05, 0.1) is 6.26 Å². The molecule has 0 saturated heterocycles. The van der Waals surface area contributed by atoms with Crippen molar-refractivity contribution < 1.29 is 12.8 Å². The van der Waals surface area contributed by atoms with Crippen molar-refractivity contribution >= 4 is 21.4 Å². The fourth-order valence-corrected chi connectivity index (χ4v) is 2.44. The van der Waals surface area contributed by atoms with Gasteiger partial charge in [0.1, 0.15) is 5.82 Å². The zero-order valence-corrected chi connectivity index (χ0v) is 12.5. The molecule has 0 saturated carbocycles. The van der Waals surface area contributed by atoms with Gasteiger partial charge in [-0.2, -0.15) is 0 Å². The van der Waals surface area contributed by atoms with Gasteiger partial charge < -0.3 is 5.32 Å². The van der Waals surface area contributed by atoms with Crippen LogP contribution in [0.2, 0.25) is 0 Å². The summed E-state index contributed by atoms with van der Waals surface area (Å²) in [5.41, 5.74) is 2.48. The maximum atomic E-state index is 12.8. The molecule has 0 unspecified atom stereocenters. The molecular formula is C15H17FN2O2S. The van der Waals surface area contributed by atoms with Gasteiger partial charge in [-0.15, -0.1) is 0 Å². The number of halogens is 1. The Hall–Kier alpha value is -2.08. The minimum absolute atomic E-state index is 0.235. The predicted molar refractivity (Wildman–Crippen MR) is 83.5 cm³/mol. The first-order chi connectivity index (χ1) is 9.92. The van der Waals surface area contributed by atoms with Crippen molar-refractivity contribution in [2.75, 3.05) is 22.8 Å². The van der Waals surface area contributed by atoms with Crippen molar-refractivity contribution in [1.82, 2.24) is 0 Å². The highest BCUT2D eigenvalue weighted by Gasteiger charge is 2.01. The van der Waals surface area contributed by atoms with Crippen molar-refractivity contribution in [1.29, 1.82) is 0 Å². The van der Waals surface area contributed by atoms with Crippen LogP contribution in [0.25, 0.3) is 0 Å². The molecule has 21 heavy (non-hydrogen) atoms. The van der Waals surface area contributed by atoms with E-state index in [2.05, 4.69) is 10.0 Å². The van der Waals surface area contributed by atoms with Gasteiger partial charge in [0, 0.05) is 17.9 Å². The molecule has 0 aliphatic rings. The summed E-state index contributed by atoms with van der Waals surface area (Å²) in [7, 11) is -3.25. The Kier molecular flexibility index (Phi) is 4.80. The molecule has 0 bridgehead atoms. The Bertz CT molecular complexity index is 683. The van der Waals surface area contributed by atoms with E-state index in [4.69, 9.17) is 0 Å². The second kappa shape index (κ2) is 6.58. The van der Waals surface area contributed by atoms with Crippen molar-refractivity contribution in [3.05, 3.63) is 59.9 Å². The van der Waals surface area contributed by atoms with Crippen LogP contribution in [-0.2, 0) is 16.4 Å². The van der Waals surface area contributed by atoms with Crippen LogP contribution in [-0.4, -0.2) is 21.2 Å². The van der Waals surface area contributed by atoms with Crippen molar-refractivity contribution in [3.8, 4) is 0 Å². The minimum atomic E-state index is -3.25. The second-order valence-electron chi connectivity index (χ2n) is 4.75. The zero-order chi connectivity index (χ0) is 15.3. The van der Waals surface area contributed by atoms with E-state index in [0.29, 0.717) is 12.2 Å². The summed E-state index contributed by atoms with van der Waals surface area (Å²) >= 11 is 0. The van der Waals surface area contributed by atoms with E-state index in [0.717, 1.165) is 23.9 Å². The number of hydrogen-bond acceptors (Lipinski definition) is 3.